The maximum Gasteiger partial charge on any atom is 0.281 e. The van der Waals surface area contributed by atoms with Crippen molar-refractivity contribution < 1.29 is 9.53 Å². The van der Waals surface area contributed by atoms with Crippen LogP contribution in [0.3, 0.4) is 0 Å². The normalized spacial score (nSPS) is 10.6. The van der Waals surface area contributed by atoms with Gasteiger partial charge < -0.3 is 15.0 Å². The van der Waals surface area contributed by atoms with Crippen LogP contribution in [0.25, 0.3) is 11.4 Å². The molecule has 0 aliphatic heterocycles. The van der Waals surface area contributed by atoms with E-state index in [2.05, 4.69) is 27.5 Å². The van der Waals surface area contributed by atoms with E-state index in [4.69, 9.17) is 4.74 Å². The van der Waals surface area contributed by atoms with Gasteiger partial charge in [-0.3, -0.25) is 4.79 Å². The van der Waals surface area contributed by atoms with Gasteiger partial charge in [0.15, 0.2) is 5.82 Å². The summed E-state index contributed by atoms with van der Waals surface area (Å²) in [6, 6.07) is 24.7. The standard InChI is InChI=1S/C25H25N5O2/c1-29(2)21-13-9-18(10-14-21)17-26-25-27-23(19-11-15-22(32-3)16-12-19)28-30(25)24(31)20-7-5-4-6-8-20/h4-16H,17H2,1-3H3,(H,26,27,28). The Kier molecular flexibility index (Phi) is 6.17. The van der Waals surface area contributed by atoms with Crippen molar-refractivity contribution >= 4 is 17.5 Å². The minimum Gasteiger partial charge on any atom is -0.497 e. The Morgan fingerprint density at radius 1 is 0.969 bits per heavy atom. The number of rotatable bonds is 7. The van der Waals surface area contributed by atoms with E-state index in [-0.39, 0.29) is 5.91 Å². The van der Waals surface area contributed by atoms with Crippen LogP contribution in [-0.2, 0) is 6.54 Å². The summed E-state index contributed by atoms with van der Waals surface area (Å²) in [5.74, 6) is 1.35. The minimum absolute atomic E-state index is 0.247. The van der Waals surface area contributed by atoms with Gasteiger partial charge in [0.25, 0.3) is 5.91 Å². The number of carbonyl (C=O) groups excluding carboxylic acids is 1. The van der Waals surface area contributed by atoms with Gasteiger partial charge in [-0.05, 0) is 54.1 Å². The summed E-state index contributed by atoms with van der Waals surface area (Å²) < 4.78 is 6.55. The van der Waals surface area contributed by atoms with Gasteiger partial charge in [0, 0.05) is 37.5 Å². The van der Waals surface area contributed by atoms with Crippen LogP contribution in [0.1, 0.15) is 15.9 Å². The summed E-state index contributed by atoms with van der Waals surface area (Å²) in [6.07, 6.45) is 0. The third-order valence-corrected chi connectivity index (χ3v) is 5.07. The van der Waals surface area contributed by atoms with Crippen molar-refractivity contribution in [2.75, 3.05) is 31.4 Å². The maximum absolute atomic E-state index is 13.1. The lowest BCUT2D eigenvalue weighted by Gasteiger charge is -2.13. The lowest BCUT2D eigenvalue weighted by molar-refractivity contribution is 0.0947. The third-order valence-electron chi connectivity index (χ3n) is 5.07. The van der Waals surface area contributed by atoms with Crippen molar-refractivity contribution in [2.24, 2.45) is 0 Å². The van der Waals surface area contributed by atoms with Crippen LogP contribution in [0, 0.1) is 0 Å². The van der Waals surface area contributed by atoms with Crippen LogP contribution in [-0.4, -0.2) is 41.9 Å². The molecule has 0 saturated carbocycles. The molecule has 0 bridgehead atoms. The average Bonchev–Trinajstić information content (AvgIpc) is 3.27. The smallest absolute Gasteiger partial charge is 0.281 e. The molecule has 0 radical (unpaired) electrons. The SMILES string of the molecule is COc1ccc(-c2nc(NCc3ccc(N(C)C)cc3)n(C(=O)c3ccccc3)n2)cc1. The lowest BCUT2D eigenvalue weighted by Crippen LogP contribution is -2.17. The van der Waals surface area contributed by atoms with Crippen molar-refractivity contribution in [1.82, 2.24) is 14.8 Å². The highest BCUT2D eigenvalue weighted by molar-refractivity contribution is 5.97. The van der Waals surface area contributed by atoms with Crippen molar-refractivity contribution in [2.45, 2.75) is 6.54 Å². The van der Waals surface area contributed by atoms with Crippen LogP contribution in [0.5, 0.6) is 5.75 Å². The molecule has 0 amide bonds. The number of aromatic nitrogens is 3. The summed E-state index contributed by atoms with van der Waals surface area (Å²) in [7, 11) is 5.63. The summed E-state index contributed by atoms with van der Waals surface area (Å²) in [6.45, 7) is 0.510. The monoisotopic (exact) mass is 427 g/mol. The molecule has 32 heavy (non-hydrogen) atoms. The van der Waals surface area contributed by atoms with Gasteiger partial charge in [-0.2, -0.15) is 9.67 Å². The molecule has 0 aliphatic carbocycles. The predicted molar refractivity (Wildman–Crippen MR) is 126 cm³/mol. The Morgan fingerprint density at radius 3 is 2.28 bits per heavy atom. The topological polar surface area (TPSA) is 72.3 Å². The lowest BCUT2D eigenvalue weighted by atomic mass is 10.2. The number of nitrogens with one attached hydrogen (secondary N) is 1. The Hall–Kier alpha value is -4.13. The molecule has 0 unspecified atom stereocenters. The molecule has 0 saturated heterocycles. The quantitative estimate of drug-likeness (QED) is 0.474. The van der Waals surface area contributed by atoms with Gasteiger partial charge in [0.05, 0.1) is 7.11 Å². The first-order chi connectivity index (χ1) is 15.5. The van der Waals surface area contributed by atoms with Gasteiger partial charge >= 0.3 is 0 Å². The molecule has 1 heterocycles. The van der Waals surface area contributed by atoms with E-state index < -0.39 is 0 Å². The summed E-state index contributed by atoms with van der Waals surface area (Å²) in [5.41, 5.74) is 3.53. The fourth-order valence-corrected chi connectivity index (χ4v) is 3.23. The van der Waals surface area contributed by atoms with Crippen LogP contribution < -0.4 is 15.0 Å². The third kappa shape index (κ3) is 4.62. The van der Waals surface area contributed by atoms with Gasteiger partial charge in [-0.15, -0.1) is 5.10 Å². The Balaban J connectivity index is 1.63. The molecule has 1 N–H and O–H groups in total. The van der Waals surface area contributed by atoms with Crippen molar-refractivity contribution in [3.8, 4) is 17.1 Å². The Bertz CT molecular complexity index is 1180. The highest BCUT2D eigenvalue weighted by atomic mass is 16.5. The van der Waals surface area contributed by atoms with E-state index in [1.54, 1.807) is 19.2 Å². The second-order valence-electron chi connectivity index (χ2n) is 7.48. The van der Waals surface area contributed by atoms with E-state index >= 15 is 0 Å². The molecule has 162 valence electrons. The van der Waals surface area contributed by atoms with Crippen molar-refractivity contribution in [3.05, 3.63) is 90.0 Å². The van der Waals surface area contributed by atoms with Crippen LogP contribution in [0.15, 0.2) is 78.9 Å². The molecular weight excluding hydrogens is 402 g/mol. The van der Waals surface area contributed by atoms with E-state index in [1.165, 1.54) is 4.68 Å². The fraction of sp³-hybridized carbons (Fsp3) is 0.160. The van der Waals surface area contributed by atoms with Crippen molar-refractivity contribution in [3.63, 3.8) is 0 Å². The zero-order valence-electron chi connectivity index (χ0n) is 18.3. The molecule has 0 spiro atoms. The van der Waals surface area contributed by atoms with E-state index in [1.807, 2.05) is 73.6 Å². The Labute approximate surface area is 187 Å². The van der Waals surface area contributed by atoms with Crippen LogP contribution >= 0.6 is 0 Å². The molecule has 4 rings (SSSR count). The Morgan fingerprint density at radius 2 is 1.66 bits per heavy atom. The first-order valence-corrected chi connectivity index (χ1v) is 10.3. The number of benzene rings is 3. The second kappa shape index (κ2) is 9.34. The summed E-state index contributed by atoms with van der Waals surface area (Å²) >= 11 is 0. The number of ether oxygens (including phenoxy) is 1. The second-order valence-corrected chi connectivity index (χ2v) is 7.48. The molecule has 7 nitrogen and oxygen atoms in total. The number of hydrogen-bond donors (Lipinski definition) is 1. The summed E-state index contributed by atoms with van der Waals surface area (Å²) in [5, 5.41) is 7.78. The highest BCUT2D eigenvalue weighted by Crippen LogP contribution is 2.22. The number of anilines is 2. The molecular formula is C25H25N5O2. The van der Waals surface area contributed by atoms with E-state index in [9.17, 15) is 4.79 Å². The van der Waals surface area contributed by atoms with Crippen LogP contribution in [0.2, 0.25) is 0 Å². The number of methoxy groups -OCH3 is 1. The molecule has 4 aromatic rings. The molecule has 0 aliphatic rings. The van der Waals surface area contributed by atoms with Gasteiger partial charge in [0.2, 0.25) is 5.95 Å². The van der Waals surface area contributed by atoms with E-state index in [0.29, 0.717) is 23.9 Å². The largest absolute Gasteiger partial charge is 0.497 e. The maximum atomic E-state index is 13.1. The molecule has 3 aromatic carbocycles. The molecule has 1 aromatic heterocycles. The predicted octanol–water partition coefficient (Wildman–Crippen LogP) is 4.32. The number of carbonyl (C=O) groups is 1. The van der Waals surface area contributed by atoms with Crippen molar-refractivity contribution in [1.29, 1.82) is 0 Å². The van der Waals surface area contributed by atoms with Gasteiger partial charge in [-0.25, -0.2) is 0 Å². The zero-order chi connectivity index (χ0) is 22.5. The van der Waals surface area contributed by atoms with E-state index in [0.717, 1.165) is 22.6 Å². The number of nitrogens with zero attached hydrogens (tertiary/aromatic N) is 4. The molecule has 0 fully saturated rings. The highest BCUT2D eigenvalue weighted by Gasteiger charge is 2.18. The summed E-state index contributed by atoms with van der Waals surface area (Å²) in [4.78, 5) is 19.8. The molecule has 7 heteroatoms. The molecule has 0 atom stereocenters. The number of hydrogen-bond acceptors (Lipinski definition) is 6. The van der Waals surface area contributed by atoms with Crippen LogP contribution in [0.4, 0.5) is 11.6 Å². The van der Waals surface area contributed by atoms with Gasteiger partial charge in [-0.1, -0.05) is 30.3 Å². The zero-order valence-corrected chi connectivity index (χ0v) is 18.3. The first-order valence-electron chi connectivity index (χ1n) is 10.3. The average molecular weight is 428 g/mol. The minimum atomic E-state index is -0.247. The first kappa shape index (κ1) is 21.1. The fourth-order valence-electron chi connectivity index (χ4n) is 3.23. The van der Waals surface area contributed by atoms with Gasteiger partial charge in [0.1, 0.15) is 5.75 Å².